The Balaban J connectivity index is 1.56. The molecular formula is C14H14ClFN5S2+. The molecule has 1 aromatic carbocycles. The van der Waals surface area contributed by atoms with Crippen LogP contribution in [-0.4, -0.2) is 26.4 Å². The zero-order valence-electron chi connectivity index (χ0n) is 12.1. The standard InChI is InChI=1S/C14H13ClFN5S2/c15-9-3-1-4-10(16)8(9)7-22-14-20-21-12(11-5-2-6-17-11)18-19-13(21)23-14/h1,3-4,11,17H,2,5-7H2/p+1/t11-/m1/s1. The minimum absolute atomic E-state index is 0.283. The van der Waals surface area contributed by atoms with Crippen molar-refractivity contribution in [2.24, 2.45) is 0 Å². The van der Waals surface area contributed by atoms with Crippen molar-refractivity contribution < 1.29 is 9.71 Å². The van der Waals surface area contributed by atoms with Crippen LogP contribution in [0.2, 0.25) is 5.02 Å². The first-order valence-electron chi connectivity index (χ1n) is 7.33. The Hall–Kier alpha value is -1.22. The van der Waals surface area contributed by atoms with E-state index in [0.717, 1.165) is 28.1 Å². The SMILES string of the molecule is Fc1cccc(Cl)c1CSc1nn2c([C@H]3CCC[NH2+]3)nnc2s1. The number of fused-ring (bicyclic) bond motifs is 1. The molecule has 1 aliphatic rings. The zero-order chi connectivity index (χ0) is 15.8. The Bertz CT molecular complexity index is 823. The van der Waals surface area contributed by atoms with Gasteiger partial charge in [-0.15, -0.1) is 15.3 Å². The molecule has 2 aromatic heterocycles. The fraction of sp³-hybridized carbons (Fsp3) is 0.357. The van der Waals surface area contributed by atoms with Crippen LogP contribution in [0.4, 0.5) is 4.39 Å². The van der Waals surface area contributed by atoms with Crippen LogP contribution in [0.15, 0.2) is 22.5 Å². The fourth-order valence-corrected chi connectivity index (χ4v) is 4.94. The number of nitrogens with two attached hydrogens (primary N) is 1. The molecule has 0 saturated carbocycles. The summed E-state index contributed by atoms with van der Waals surface area (Å²) in [5.41, 5.74) is 0.509. The number of thioether (sulfide) groups is 1. The molecule has 0 amide bonds. The van der Waals surface area contributed by atoms with Gasteiger partial charge in [-0.25, -0.2) is 4.39 Å². The predicted molar refractivity (Wildman–Crippen MR) is 88.4 cm³/mol. The third-order valence-electron chi connectivity index (χ3n) is 3.90. The summed E-state index contributed by atoms with van der Waals surface area (Å²) in [5.74, 6) is 1.07. The zero-order valence-corrected chi connectivity index (χ0v) is 14.5. The number of aromatic nitrogens is 4. The third kappa shape index (κ3) is 2.96. The number of hydrogen-bond acceptors (Lipinski definition) is 5. The van der Waals surface area contributed by atoms with Crippen LogP contribution in [0.25, 0.3) is 4.96 Å². The summed E-state index contributed by atoms with van der Waals surface area (Å²) in [7, 11) is 0. The van der Waals surface area contributed by atoms with Crippen molar-refractivity contribution >= 4 is 39.7 Å². The molecule has 2 N–H and O–H groups in total. The van der Waals surface area contributed by atoms with Gasteiger partial charge in [0.25, 0.3) is 0 Å². The topological polar surface area (TPSA) is 59.7 Å². The largest absolute Gasteiger partial charge is 0.337 e. The van der Waals surface area contributed by atoms with Crippen molar-refractivity contribution in [2.45, 2.75) is 29.0 Å². The fourth-order valence-electron chi connectivity index (χ4n) is 2.72. The van der Waals surface area contributed by atoms with Crippen molar-refractivity contribution in [1.82, 2.24) is 19.8 Å². The van der Waals surface area contributed by atoms with E-state index in [9.17, 15) is 4.39 Å². The highest BCUT2D eigenvalue weighted by atomic mass is 35.5. The van der Waals surface area contributed by atoms with Crippen LogP contribution < -0.4 is 5.32 Å². The van der Waals surface area contributed by atoms with E-state index in [2.05, 4.69) is 20.6 Å². The Kier molecular flexibility index (Phi) is 4.23. The molecule has 1 fully saturated rings. The minimum atomic E-state index is -0.283. The highest BCUT2D eigenvalue weighted by molar-refractivity contribution is 8.00. The van der Waals surface area contributed by atoms with Gasteiger partial charge in [0.05, 0.1) is 6.54 Å². The molecule has 4 rings (SSSR count). The van der Waals surface area contributed by atoms with Crippen LogP contribution in [0.1, 0.15) is 30.3 Å². The summed E-state index contributed by atoms with van der Waals surface area (Å²) in [6.07, 6.45) is 2.29. The lowest BCUT2D eigenvalue weighted by molar-refractivity contribution is -0.677. The first-order chi connectivity index (χ1) is 11.2. The Morgan fingerprint density at radius 2 is 2.35 bits per heavy atom. The molecule has 0 aliphatic carbocycles. The van der Waals surface area contributed by atoms with Crippen molar-refractivity contribution in [3.05, 3.63) is 40.4 Å². The molecule has 0 spiro atoms. The molecule has 1 saturated heterocycles. The minimum Gasteiger partial charge on any atom is -0.337 e. The quantitative estimate of drug-likeness (QED) is 0.717. The van der Waals surface area contributed by atoms with Gasteiger partial charge in [0.1, 0.15) is 11.9 Å². The van der Waals surface area contributed by atoms with E-state index in [4.69, 9.17) is 11.6 Å². The predicted octanol–water partition coefficient (Wildman–Crippen LogP) is 2.67. The number of benzene rings is 1. The molecule has 1 aliphatic heterocycles. The van der Waals surface area contributed by atoms with Gasteiger partial charge in [-0.1, -0.05) is 40.8 Å². The maximum atomic E-state index is 13.8. The second-order valence-electron chi connectivity index (χ2n) is 5.38. The van der Waals surface area contributed by atoms with Crippen molar-refractivity contribution in [3.8, 4) is 0 Å². The number of rotatable bonds is 4. The molecule has 1 atom stereocenters. The van der Waals surface area contributed by atoms with Crippen LogP contribution >= 0.6 is 34.7 Å². The van der Waals surface area contributed by atoms with Gasteiger partial charge >= 0.3 is 0 Å². The van der Waals surface area contributed by atoms with Gasteiger partial charge in [-0.3, -0.25) is 0 Å². The summed E-state index contributed by atoms with van der Waals surface area (Å²) in [5, 5.41) is 15.8. The molecule has 0 unspecified atom stereocenters. The summed E-state index contributed by atoms with van der Waals surface area (Å²) in [4.78, 5) is 0.780. The molecular weight excluding hydrogens is 357 g/mol. The maximum absolute atomic E-state index is 13.8. The summed E-state index contributed by atoms with van der Waals surface area (Å²) in [6, 6.07) is 5.08. The molecule has 0 bridgehead atoms. The monoisotopic (exact) mass is 370 g/mol. The van der Waals surface area contributed by atoms with Gasteiger partial charge in [-0.05, 0) is 12.1 Å². The average Bonchev–Trinajstić information content (AvgIpc) is 3.22. The van der Waals surface area contributed by atoms with Crippen molar-refractivity contribution in [2.75, 3.05) is 6.54 Å². The van der Waals surface area contributed by atoms with Gasteiger partial charge in [0, 0.05) is 29.2 Å². The molecule has 120 valence electrons. The molecule has 9 heteroatoms. The molecule has 3 aromatic rings. The van der Waals surface area contributed by atoms with Gasteiger partial charge < -0.3 is 5.32 Å². The van der Waals surface area contributed by atoms with Crippen molar-refractivity contribution in [3.63, 3.8) is 0 Å². The van der Waals surface area contributed by atoms with Crippen LogP contribution in [0, 0.1) is 5.82 Å². The van der Waals surface area contributed by atoms with E-state index >= 15 is 0 Å². The van der Waals surface area contributed by atoms with Crippen molar-refractivity contribution in [1.29, 1.82) is 0 Å². The summed E-state index contributed by atoms with van der Waals surface area (Å²) < 4.78 is 16.5. The Morgan fingerprint density at radius 3 is 3.13 bits per heavy atom. The lowest BCUT2D eigenvalue weighted by Gasteiger charge is -2.03. The van der Waals surface area contributed by atoms with E-state index in [1.807, 2.05) is 4.52 Å². The van der Waals surface area contributed by atoms with Crippen LogP contribution in [0.5, 0.6) is 0 Å². The lowest BCUT2D eigenvalue weighted by atomic mass is 10.2. The van der Waals surface area contributed by atoms with E-state index in [1.165, 1.54) is 35.6 Å². The van der Waals surface area contributed by atoms with E-state index in [1.54, 1.807) is 12.1 Å². The average molecular weight is 371 g/mol. The number of nitrogens with zero attached hydrogens (tertiary/aromatic N) is 4. The van der Waals surface area contributed by atoms with Crippen LogP contribution in [0.3, 0.4) is 0 Å². The van der Waals surface area contributed by atoms with Gasteiger partial charge in [0.15, 0.2) is 4.34 Å². The molecule has 0 radical (unpaired) electrons. The highest BCUT2D eigenvalue weighted by Crippen LogP contribution is 2.31. The number of hydrogen-bond donors (Lipinski definition) is 1. The Morgan fingerprint density at radius 1 is 1.43 bits per heavy atom. The van der Waals surface area contributed by atoms with E-state index in [0.29, 0.717) is 22.4 Å². The number of quaternary nitrogens is 1. The lowest BCUT2D eigenvalue weighted by Crippen LogP contribution is -2.82. The molecule has 5 nitrogen and oxygen atoms in total. The second-order valence-corrected chi connectivity index (χ2v) is 7.97. The van der Waals surface area contributed by atoms with Gasteiger partial charge in [0.2, 0.25) is 10.8 Å². The second kappa shape index (κ2) is 6.35. The van der Waals surface area contributed by atoms with E-state index < -0.39 is 0 Å². The smallest absolute Gasteiger partial charge is 0.235 e. The molecule has 3 heterocycles. The first kappa shape index (κ1) is 15.3. The third-order valence-corrected chi connectivity index (χ3v) is 6.31. The normalized spacial score (nSPS) is 18.1. The number of halogens is 2. The maximum Gasteiger partial charge on any atom is 0.235 e. The first-order valence-corrected chi connectivity index (χ1v) is 9.51. The highest BCUT2D eigenvalue weighted by Gasteiger charge is 2.27. The van der Waals surface area contributed by atoms with Crippen LogP contribution in [-0.2, 0) is 5.75 Å². The Labute approximate surface area is 145 Å². The summed E-state index contributed by atoms with van der Waals surface area (Å²) in [6.45, 7) is 1.12. The molecule has 23 heavy (non-hydrogen) atoms. The van der Waals surface area contributed by atoms with E-state index in [-0.39, 0.29) is 5.82 Å². The van der Waals surface area contributed by atoms with Gasteiger partial charge in [-0.2, -0.15) is 4.52 Å². The summed E-state index contributed by atoms with van der Waals surface area (Å²) >= 11 is 9.00.